The summed E-state index contributed by atoms with van der Waals surface area (Å²) in [5.41, 5.74) is 0.110. The third-order valence-corrected chi connectivity index (χ3v) is 3.34. The molecule has 0 aromatic heterocycles. The summed E-state index contributed by atoms with van der Waals surface area (Å²) in [6, 6.07) is 9.63. The van der Waals surface area contributed by atoms with E-state index in [2.05, 4.69) is 0 Å². The fourth-order valence-corrected chi connectivity index (χ4v) is 2.29. The maximum atomic E-state index is 11.7. The van der Waals surface area contributed by atoms with Crippen LogP contribution in [0.15, 0.2) is 30.3 Å². The second-order valence-electron chi connectivity index (χ2n) is 4.19. The number of esters is 1. The number of ketones is 1. The molecule has 1 aromatic carbocycles. The van der Waals surface area contributed by atoms with Crippen molar-refractivity contribution in [1.29, 1.82) is 0 Å². The molecule has 16 heavy (non-hydrogen) atoms. The van der Waals surface area contributed by atoms with Crippen LogP contribution in [0.25, 0.3) is 0 Å². The van der Waals surface area contributed by atoms with Gasteiger partial charge in [0.2, 0.25) is 0 Å². The van der Waals surface area contributed by atoms with Crippen molar-refractivity contribution in [3.63, 3.8) is 0 Å². The SMILES string of the molecule is COC(=O)[C@]1(C(C)=O)C[C@H]1c1ccccc1. The van der Waals surface area contributed by atoms with Crippen molar-refractivity contribution in [2.24, 2.45) is 5.41 Å². The molecule has 0 radical (unpaired) electrons. The predicted molar refractivity (Wildman–Crippen MR) is 58.9 cm³/mol. The lowest BCUT2D eigenvalue weighted by Gasteiger charge is -2.11. The molecule has 0 amide bonds. The van der Waals surface area contributed by atoms with Crippen molar-refractivity contribution >= 4 is 11.8 Å². The molecule has 1 aromatic rings. The maximum absolute atomic E-state index is 11.7. The molecule has 1 fully saturated rings. The quantitative estimate of drug-likeness (QED) is 0.575. The van der Waals surface area contributed by atoms with Crippen molar-refractivity contribution in [2.75, 3.05) is 7.11 Å². The molecule has 84 valence electrons. The highest BCUT2D eigenvalue weighted by Crippen LogP contribution is 2.60. The highest BCUT2D eigenvalue weighted by molar-refractivity contribution is 6.07. The Morgan fingerprint density at radius 1 is 1.31 bits per heavy atom. The Kier molecular flexibility index (Phi) is 2.54. The summed E-state index contributed by atoms with van der Waals surface area (Å²) >= 11 is 0. The molecular weight excluding hydrogens is 204 g/mol. The summed E-state index contributed by atoms with van der Waals surface area (Å²) < 4.78 is 4.73. The number of Topliss-reactive ketones (excluding diaryl/α,β-unsaturated/α-hetero) is 1. The van der Waals surface area contributed by atoms with Crippen LogP contribution in [-0.4, -0.2) is 18.9 Å². The number of carbonyl (C=O) groups excluding carboxylic acids is 2. The number of carbonyl (C=O) groups is 2. The van der Waals surface area contributed by atoms with Gasteiger partial charge in [-0.1, -0.05) is 30.3 Å². The van der Waals surface area contributed by atoms with Gasteiger partial charge in [-0.05, 0) is 18.9 Å². The molecule has 0 unspecified atom stereocenters. The van der Waals surface area contributed by atoms with E-state index < -0.39 is 11.4 Å². The van der Waals surface area contributed by atoms with Gasteiger partial charge in [-0.3, -0.25) is 9.59 Å². The lowest BCUT2D eigenvalue weighted by molar-refractivity contribution is -0.151. The van der Waals surface area contributed by atoms with E-state index in [0.29, 0.717) is 6.42 Å². The Morgan fingerprint density at radius 2 is 1.94 bits per heavy atom. The summed E-state index contributed by atoms with van der Waals surface area (Å²) in [5.74, 6) is -0.527. The molecule has 0 saturated heterocycles. The van der Waals surface area contributed by atoms with E-state index in [1.807, 2.05) is 30.3 Å². The zero-order valence-electron chi connectivity index (χ0n) is 9.40. The van der Waals surface area contributed by atoms with Crippen LogP contribution in [0, 0.1) is 5.41 Å². The van der Waals surface area contributed by atoms with E-state index in [1.165, 1.54) is 14.0 Å². The monoisotopic (exact) mass is 218 g/mol. The van der Waals surface area contributed by atoms with E-state index >= 15 is 0 Å². The number of hydrogen-bond acceptors (Lipinski definition) is 3. The molecule has 0 N–H and O–H groups in total. The second kappa shape index (κ2) is 3.74. The van der Waals surface area contributed by atoms with Crippen LogP contribution < -0.4 is 0 Å². The van der Waals surface area contributed by atoms with E-state index in [9.17, 15) is 9.59 Å². The largest absolute Gasteiger partial charge is 0.468 e. The minimum atomic E-state index is -0.921. The van der Waals surface area contributed by atoms with Crippen molar-refractivity contribution in [2.45, 2.75) is 19.3 Å². The fraction of sp³-hybridized carbons (Fsp3) is 0.385. The molecule has 1 aliphatic carbocycles. The van der Waals surface area contributed by atoms with Crippen molar-refractivity contribution in [3.8, 4) is 0 Å². The predicted octanol–water partition coefficient (Wildman–Crippen LogP) is 1.92. The molecular formula is C13H14O3. The lowest BCUT2D eigenvalue weighted by atomic mass is 9.95. The summed E-state index contributed by atoms with van der Waals surface area (Å²) in [7, 11) is 1.33. The van der Waals surface area contributed by atoms with Gasteiger partial charge in [0.1, 0.15) is 11.2 Å². The van der Waals surface area contributed by atoms with Crippen LogP contribution in [-0.2, 0) is 14.3 Å². The smallest absolute Gasteiger partial charge is 0.319 e. The minimum absolute atomic E-state index is 0.0151. The summed E-state index contributed by atoms with van der Waals surface area (Å²) in [5, 5.41) is 0. The van der Waals surface area contributed by atoms with Gasteiger partial charge in [0.05, 0.1) is 7.11 Å². The number of ether oxygens (including phenoxy) is 1. The lowest BCUT2D eigenvalue weighted by Crippen LogP contribution is -2.26. The van der Waals surface area contributed by atoms with Gasteiger partial charge < -0.3 is 4.74 Å². The number of methoxy groups -OCH3 is 1. The van der Waals surface area contributed by atoms with Crippen LogP contribution in [0.3, 0.4) is 0 Å². The van der Waals surface area contributed by atoms with Crippen LogP contribution in [0.4, 0.5) is 0 Å². The van der Waals surface area contributed by atoms with Gasteiger partial charge in [0.15, 0.2) is 0 Å². The maximum Gasteiger partial charge on any atom is 0.319 e. The minimum Gasteiger partial charge on any atom is -0.468 e. The standard InChI is InChI=1S/C13H14O3/c1-9(14)13(12(15)16-2)8-11(13)10-6-4-3-5-7-10/h3-7,11H,8H2,1-2H3/t11-,13-/m0/s1. The fourth-order valence-electron chi connectivity index (χ4n) is 2.29. The number of rotatable bonds is 3. The molecule has 0 bridgehead atoms. The van der Waals surface area contributed by atoms with E-state index in [0.717, 1.165) is 5.56 Å². The van der Waals surface area contributed by atoms with Crippen molar-refractivity contribution in [3.05, 3.63) is 35.9 Å². The molecule has 2 rings (SSSR count). The second-order valence-corrected chi connectivity index (χ2v) is 4.19. The zero-order valence-corrected chi connectivity index (χ0v) is 9.40. The average Bonchev–Trinajstić information content (AvgIpc) is 3.06. The third kappa shape index (κ3) is 1.43. The summed E-state index contributed by atoms with van der Waals surface area (Å²) in [4.78, 5) is 23.3. The molecule has 0 heterocycles. The van der Waals surface area contributed by atoms with Gasteiger partial charge >= 0.3 is 5.97 Å². The van der Waals surface area contributed by atoms with E-state index in [1.54, 1.807) is 0 Å². The van der Waals surface area contributed by atoms with Crippen LogP contribution in [0.1, 0.15) is 24.8 Å². The van der Waals surface area contributed by atoms with Crippen molar-refractivity contribution in [1.82, 2.24) is 0 Å². The van der Waals surface area contributed by atoms with Crippen molar-refractivity contribution < 1.29 is 14.3 Å². The van der Waals surface area contributed by atoms with Crippen LogP contribution in [0.5, 0.6) is 0 Å². The number of benzene rings is 1. The van der Waals surface area contributed by atoms with Gasteiger partial charge in [-0.15, -0.1) is 0 Å². The van der Waals surface area contributed by atoms with Gasteiger partial charge in [-0.2, -0.15) is 0 Å². The molecule has 0 spiro atoms. The average molecular weight is 218 g/mol. The highest BCUT2D eigenvalue weighted by Gasteiger charge is 2.65. The zero-order chi connectivity index (χ0) is 11.8. The topological polar surface area (TPSA) is 43.4 Å². The molecule has 0 aliphatic heterocycles. The van der Waals surface area contributed by atoms with Gasteiger partial charge in [0.25, 0.3) is 0 Å². The Balaban J connectivity index is 2.30. The molecule has 1 saturated carbocycles. The van der Waals surface area contributed by atoms with Crippen LogP contribution in [0.2, 0.25) is 0 Å². The Labute approximate surface area is 94.4 Å². The summed E-state index contributed by atoms with van der Waals surface area (Å²) in [6.07, 6.45) is 0.568. The van der Waals surface area contributed by atoms with Gasteiger partial charge in [-0.25, -0.2) is 0 Å². The first-order valence-electron chi connectivity index (χ1n) is 5.27. The highest BCUT2D eigenvalue weighted by atomic mass is 16.5. The molecule has 2 atom stereocenters. The Morgan fingerprint density at radius 3 is 2.44 bits per heavy atom. The first-order valence-corrected chi connectivity index (χ1v) is 5.27. The Hall–Kier alpha value is -1.64. The first kappa shape index (κ1) is 10.9. The van der Waals surface area contributed by atoms with E-state index in [-0.39, 0.29) is 11.7 Å². The normalized spacial score (nSPS) is 27.2. The molecule has 1 aliphatic rings. The molecule has 3 heteroatoms. The Bertz CT molecular complexity index is 424. The first-order chi connectivity index (χ1) is 7.63. The molecule has 3 nitrogen and oxygen atoms in total. The third-order valence-electron chi connectivity index (χ3n) is 3.34. The van der Waals surface area contributed by atoms with Gasteiger partial charge in [0, 0.05) is 5.92 Å². The number of hydrogen-bond donors (Lipinski definition) is 0. The summed E-state index contributed by atoms with van der Waals surface area (Å²) in [6.45, 7) is 1.46. The van der Waals surface area contributed by atoms with E-state index in [4.69, 9.17) is 4.74 Å². The van der Waals surface area contributed by atoms with Crippen LogP contribution >= 0.6 is 0 Å².